The zero-order valence-corrected chi connectivity index (χ0v) is 27.8. The number of anilines is 1. The van der Waals surface area contributed by atoms with Crippen molar-refractivity contribution in [1.82, 2.24) is 16.0 Å². The average Bonchev–Trinajstić information content (AvgIpc) is 3.73. The van der Waals surface area contributed by atoms with Crippen molar-refractivity contribution in [3.63, 3.8) is 0 Å². The summed E-state index contributed by atoms with van der Waals surface area (Å²) in [6.07, 6.45) is 8.84. The van der Waals surface area contributed by atoms with E-state index in [4.69, 9.17) is 0 Å². The first-order valence-electron chi connectivity index (χ1n) is 15.3. The Kier molecular flexibility index (Phi) is 20.3. The highest BCUT2D eigenvalue weighted by Crippen LogP contribution is 2.33. The summed E-state index contributed by atoms with van der Waals surface area (Å²) in [5, 5.41) is 21.8. The van der Waals surface area contributed by atoms with Gasteiger partial charge in [-0.1, -0.05) is 57.2 Å². The molecule has 2 amide bonds. The Hall–Kier alpha value is -3.49. The Morgan fingerprint density at radius 3 is 2.33 bits per heavy atom. The van der Waals surface area contributed by atoms with Crippen LogP contribution in [0.4, 0.5) is 10.1 Å². The number of allylic oxidation sites excluding steroid dienone is 7. The van der Waals surface area contributed by atoms with Crippen molar-refractivity contribution < 1.29 is 19.1 Å². The monoisotopic (exact) mass is 598 g/mol. The normalized spacial score (nSPS) is 15.8. The van der Waals surface area contributed by atoms with Gasteiger partial charge in [0.1, 0.15) is 5.83 Å². The van der Waals surface area contributed by atoms with E-state index in [-0.39, 0.29) is 17.6 Å². The zero-order chi connectivity index (χ0) is 32.9. The van der Waals surface area contributed by atoms with Crippen molar-refractivity contribution in [2.45, 2.75) is 93.7 Å². The zero-order valence-electron chi connectivity index (χ0n) is 27.8. The number of carbonyl (C=O) groups excluding carboxylic acids is 2. The summed E-state index contributed by atoms with van der Waals surface area (Å²) in [7, 11) is 0. The predicted octanol–water partition coefficient (Wildman–Crippen LogP) is 6.88. The van der Waals surface area contributed by atoms with Crippen LogP contribution in [0.2, 0.25) is 0 Å². The van der Waals surface area contributed by atoms with Gasteiger partial charge >= 0.3 is 0 Å². The molecule has 7 nitrogen and oxygen atoms in total. The maximum Gasteiger partial charge on any atom is 0.256 e. The van der Waals surface area contributed by atoms with Crippen LogP contribution in [0.3, 0.4) is 0 Å². The number of aryl methyl sites for hydroxylation is 1. The van der Waals surface area contributed by atoms with Gasteiger partial charge in [0, 0.05) is 53.8 Å². The van der Waals surface area contributed by atoms with Crippen LogP contribution in [-0.2, 0) is 9.59 Å². The fraction of sp³-hybridized carbons (Fsp3) is 0.486. The minimum absolute atomic E-state index is 0.00630. The number of rotatable bonds is 11. The smallest absolute Gasteiger partial charge is 0.256 e. The number of carbonyl (C=O) groups is 2. The third kappa shape index (κ3) is 15.5. The van der Waals surface area contributed by atoms with Gasteiger partial charge in [-0.25, -0.2) is 4.39 Å². The van der Waals surface area contributed by atoms with Crippen LogP contribution < -0.4 is 21.3 Å². The van der Waals surface area contributed by atoms with E-state index in [0.29, 0.717) is 25.6 Å². The highest BCUT2D eigenvalue weighted by Gasteiger charge is 2.24. The molecule has 0 radical (unpaired) electrons. The molecule has 2 aliphatic rings. The van der Waals surface area contributed by atoms with E-state index in [1.165, 1.54) is 25.0 Å². The van der Waals surface area contributed by atoms with Gasteiger partial charge in [0.15, 0.2) is 0 Å². The second kappa shape index (κ2) is 22.1. The van der Waals surface area contributed by atoms with Crippen LogP contribution in [0, 0.1) is 6.92 Å². The minimum Gasteiger partial charge on any atom is -0.390 e. The summed E-state index contributed by atoms with van der Waals surface area (Å²) in [6, 6.07) is 6.47. The molecule has 0 bridgehead atoms. The molecule has 1 unspecified atom stereocenters. The van der Waals surface area contributed by atoms with Crippen LogP contribution in [0.15, 0.2) is 71.8 Å². The summed E-state index contributed by atoms with van der Waals surface area (Å²) in [5.74, 6) is -0.330. The number of benzene rings is 1. The number of hydrogen-bond acceptors (Lipinski definition) is 5. The fourth-order valence-electron chi connectivity index (χ4n) is 4.10. The quantitative estimate of drug-likeness (QED) is 0.141. The number of halogens is 1. The highest BCUT2D eigenvalue weighted by atomic mass is 19.1. The predicted molar refractivity (Wildman–Crippen MR) is 180 cm³/mol. The average molecular weight is 599 g/mol. The van der Waals surface area contributed by atoms with Gasteiger partial charge in [-0.05, 0) is 84.6 Å². The van der Waals surface area contributed by atoms with Gasteiger partial charge in [-0.2, -0.15) is 0 Å². The molecule has 1 aliphatic heterocycles. The van der Waals surface area contributed by atoms with E-state index < -0.39 is 6.10 Å². The molecular formula is C35H55FN4O3. The lowest BCUT2D eigenvalue weighted by Gasteiger charge is -2.15. The summed E-state index contributed by atoms with van der Waals surface area (Å²) >= 11 is 0. The maximum atomic E-state index is 12.4. The molecule has 0 aromatic heterocycles. The van der Waals surface area contributed by atoms with Gasteiger partial charge in [0.25, 0.3) is 5.91 Å². The van der Waals surface area contributed by atoms with Crippen LogP contribution in [-0.4, -0.2) is 48.7 Å². The summed E-state index contributed by atoms with van der Waals surface area (Å²) in [5.41, 5.74) is 6.30. The number of aliphatic hydroxyl groups is 1. The van der Waals surface area contributed by atoms with E-state index in [9.17, 15) is 19.1 Å². The van der Waals surface area contributed by atoms with Crippen LogP contribution >= 0.6 is 0 Å². The highest BCUT2D eigenvalue weighted by molar-refractivity contribution is 6.31. The lowest BCUT2D eigenvalue weighted by Crippen LogP contribution is -2.39. The van der Waals surface area contributed by atoms with Crippen LogP contribution in [0.25, 0.3) is 5.57 Å². The van der Waals surface area contributed by atoms with E-state index in [0.717, 1.165) is 45.8 Å². The van der Waals surface area contributed by atoms with Crippen LogP contribution in [0.1, 0.15) is 85.8 Å². The molecule has 1 aliphatic carbocycles. The Morgan fingerprint density at radius 1 is 1.16 bits per heavy atom. The molecule has 1 atom stereocenters. The van der Waals surface area contributed by atoms with E-state index >= 15 is 0 Å². The molecule has 0 saturated heterocycles. The molecule has 0 spiro atoms. The Balaban J connectivity index is 0.000000638. The van der Waals surface area contributed by atoms with E-state index in [2.05, 4.69) is 27.8 Å². The molecule has 1 fully saturated rings. The molecule has 8 heteroatoms. The lowest BCUT2D eigenvalue weighted by atomic mass is 10.0. The first-order valence-corrected chi connectivity index (χ1v) is 15.3. The summed E-state index contributed by atoms with van der Waals surface area (Å²) < 4.78 is 12.4. The number of aliphatic hydroxyl groups excluding tert-OH is 1. The summed E-state index contributed by atoms with van der Waals surface area (Å²) in [6.45, 7) is 22.5. The van der Waals surface area contributed by atoms with Gasteiger partial charge in [0.05, 0.1) is 6.10 Å². The number of fused-ring (bicyclic) bond motifs is 1. The SMILES string of the molecule is C/C=C1\C(=O)Nc2cccc(C)c21.C=C(C)/C=C(F)\C=C/C.CC.CCN/C(C)=C(\CC)C(=O)NCC(O)CNC1CC1. The number of hydrogen-bond donors (Lipinski definition) is 5. The number of amides is 2. The van der Waals surface area contributed by atoms with Gasteiger partial charge in [0.2, 0.25) is 5.91 Å². The number of nitrogens with one attached hydrogen (secondary N) is 4. The molecule has 1 saturated carbocycles. The molecule has 1 aromatic carbocycles. The molecular weight excluding hydrogens is 543 g/mol. The Bertz CT molecular complexity index is 1160. The van der Waals surface area contributed by atoms with E-state index in [1.54, 1.807) is 19.9 Å². The molecule has 1 aromatic rings. The van der Waals surface area contributed by atoms with Crippen molar-refractivity contribution in [1.29, 1.82) is 0 Å². The van der Waals surface area contributed by atoms with Gasteiger partial charge < -0.3 is 26.4 Å². The molecule has 240 valence electrons. The second-order valence-electron chi connectivity index (χ2n) is 10.1. The summed E-state index contributed by atoms with van der Waals surface area (Å²) in [4.78, 5) is 23.4. The molecule has 1 heterocycles. The molecule has 3 rings (SSSR count). The fourth-order valence-corrected chi connectivity index (χ4v) is 4.10. The minimum atomic E-state index is -0.526. The third-order valence-electron chi connectivity index (χ3n) is 6.27. The topological polar surface area (TPSA) is 102 Å². The third-order valence-corrected chi connectivity index (χ3v) is 6.27. The van der Waals surface area contributed by atoms with Crippen molar-refractivity contribution in [3.05, 3.63) is 82.9 Å². The largest absolute Gasteiger partial charge is 0.390 e. The molecule has 5 N–H and O–H groups in total. The first-order chi connectivity index (χ1) is 20.5. The van der Waals surface area contributed by atoms with Crippen LogP contribution in [0.5, 0.6) is 0 Å². The Morgan fingerprint density at radius 2 is 1.81 bits per heavy atom. The van der Waals surface area contributed by atoms with Gasteiger partial charge in [-0.15, -0.1) is 0 Å². The van der Waals surface area contributed by atoms with E-state index in [1.807, 2.05) is 72.7 Å². The van der Waals surface area contributed by atoms with Crippen molar-refractivity contribution in [2.24, 2.45) is 0 Å². The first kappa shape index (κ1) is 39.5. The van der Waals surface area contributed by atoms with Crippen molar-refractivity contribution >= 4 is 23.1 Å². The van der Waals surface area contributed by atoms with Gasteiger partial charge in [-0.3, -0.25) is 9.59 Å². The molecule has 43 heavy (non-hydrogen) atoms. The standard InChI is InChI=1S/C14H27N3O2.C11H11NO.C8H11F.C2H6/c1-4-13(10(3)15-5-2)14(19)17-9-12(18)8-16-11-6-7-11;1-3-8-10-7(2)5-4-6-9(10)12-11(8)13;1-4-5-8(9)6-7(2)3;1-2/h11-12,15-16,18H,4-9H2,1-3H3,(H,17,19);3-6H,1-2H3,(H,12,13);4-6H,2H2,1,3H3;1-2H3/b13-10+;8-3-;5-4-,8-6+;. The second-order valence-corrected chi connectivity index (χ2v) is 10.1. The van der Waals surface area contributed by atoms with Crippen molar-refractivity contribution in [3.8, 4) is 0 Å². The lowest BCUT2D eigenvalue weighted by molar-refractivity contribution is -0.118. The Labute approximate surface area is 259 Å². The maximum absolute atomic E-state index is 12.4. The van der Waals surface area contributed by atoms with Crippen molar-refractivity contribution in [2.75, 3.05) is 25.0 Å².